The van der Waals surface area contributed by atoms with E-state index in [1.54, 1.807) is 36.7 Å². The van der Waals surface area contributed by atoms with Crippen molar-refractivity contribution >= 4 is 36.7 Å². The zero-order chi connectivity index (χ0) is 29.0. The number of para-hydroxylation sites is 1. The summed E-state index contributed by atoms with van der Waals surface area (Å²) >= 11 is 0. The number of hydrogen-bond donors (Lipinski definition) is 3. The number of nitrogens with two attached hydrogens (primary N) is 1. The van der Waals surface area contributed by atoms with Crippen molar-refractivity contribution in [1.82, 2.24) is 25.0 Å². The van der Waals surface area contributed by atoms with Crippen molar-refractivity contribution in [2.24, 2.45) is 11.8 Å². The highest BCUT2D eigenvalue weighted by Gasteiger charge is 2.39. The van der Waals surface area contributed by atoms with Gasteiger partial charge in [-0.1, -0.05) is 50.6 Å². The molecule has 2 aliphatic rings. The molecule has 0 spiro atoms. The van der Waals surface area contributed by atoms with Crippen LogP contribution in [0.3, 0.4) is 0 Å². The molecule has 0 aliphatic heterocycles. The van der Waals surface area contributed by atoms with E-state index in [1.807, 2.05) is 30.6 Å². The normalized spacial score (nSPS) is 21.3. The van der Waals surface area contributed by atoms with Gasteiger partial charge in [0.2, 0.25) is 5.95 Å². The maximum absolute atomic E-state index is 13.8. The number of phosphoric ester groups is 1. The summed E-state index contributed by atoms with van der Waals surface area (Å²) in [5.74, 6) is -0.0403. The van der Waals surface area contributed by atoms with Crippen LogP contribution in [0, 0.1) is 11.8 Å². The molecule has 0 amide bonds. The smallest absolute Gasteiger partial charge is 0.395 e. The second-order valence-electron chi connectivity index (χ2n) is 10.4. The lowest BCUT2D eigenvalue weighted by Gasteiger charge is -2.25. The second kappa shape index (κ2) is 12.6. The van der Waals surface area contributed by atoms with Crippen molar-refractivity contribution in [3.05, 3.63) is 48.8 Å². The Bertz CT molecular complexity index is 1430. The van der Waals surface area contributed by atoms with Gasteiger partial charge >= 0.3 is 13.8 Å². The number of imidazole rings is 1. The van der Waals surface area contributed by atoms with Crippen molar-refractivity contribution in [1.29, 1.82) is 0 Å². The van der Waals surface area contributed by atoms with Gasteiger partial charge in [-0.25, -0.2) is 14.3 Å². The molecule has 2 aliphatic carbocycles. The van der Waals surface area contributed by atoms with Crippen LogP contribution in [-0.4, -0.2) is 51.3 Å². The Labute approximate surface area is 238 Å². The predicted octanol–water partition coefficient (Wildman–Crippen LogP) is 4.41. The highest BCUT2D eigenvalue weighted by atomic mass is 31.2. The number of nitrogens with one attached hydrogen (secondary N) is 2. The molecule has 2 aromatic heterocycles. The first-order valence-electron chi connectivity index (χ1n) is 13.7. The fourth-order valence-corrected chi connectivity index (χ4v) is 5.81. The van der Waals surface area contributed by atoms with E-state index in [1.165, 1.54) is 7.11 Å². The molecule has 0 saturated heterocycles. The summed E-state index contributed by atoms with van der Waals surface area (Å²) in [5, 5.41) is 3.37. The summed E-state index contributed by atoms with van der Waals surface area (Å²) in [6.45, 7) is 3.78. The Morgan fingerprint density at radius 1 is 1.22 bits per heavy atom. The van der Waals surface area contributed by atoms with E-state index < -0.39 is 19.8 Å². The van der Waals surface area contributed by atoms with Crippen molar-refractivity contribution in [3.63, 3.8) is 0 Å². The van der Waals surface area contributed by atoms with Gasteiger partial charge in [0.1, 0.15) is 11.8 Å². The molecule has 4 N–H and O–H groups in total. The van der Waals surface area contributed by atoms with Crippen LogP contribution in [-0.2, 0) is 23.2 Å². The van der Waals surface area contributed by atoms with Gasteiger partial charge < -0.3 is 29.5 Å². The van der Waals surface area contributed by atoms with Gasteiger partial charge in [0.05, 0.1) is 26.1 Å². The first kappa shape index (κ1) is 29.0. The number of phosphoric acid groups is 1. The zero-order valence-corrected chi connectivity index (χ0v) is 24.2. The fraction of sp³-hybridized carbons (Fsp3) is 0.481. The van der Waals surface area contributed by atoms with Crippen LogP contribution in [0.2, 0.25) is 0 Å². The van der Waals surface area contributed by atoms with E-state index in [0.717, 1.165) is 12.8 Å². The van der Waals surface area contributed by atoms with Gasteiger partial charge in [0.25, 0.3) is 0 Å². The molecular weight excluding hydrogens is 549 g/mol. The number of nitrogens with zero attached hydrogens (tertiary/aromatic N) is 4. The van der Waals surface area contributed by atoms with Gasteiger partial charge in [0, 0.05) is 12.0 Å². The number of benzene rings is 1. The lowest BCUT2D eigenvalue weighted by Crippen LogP contribution is -2.42. The Morgan fingerprint density at radius 3 is 2.71 bits per heavy atom. The number of rotatable bonds is 14. The van der Waals surface area contributed by atoms with Crippen LogP contribution >= 0.6 is 7.82 Å². The number of nitrogen functional groups attached to an aromatic ring is 1. The number of carbonyl (C=O) groups is 1. The average Bonchev–Trinajstić information content (AvgIpc) is 3.47. The second-order valence-corrected chi connectivity index (χ2v) is 11.9. The Hall–Kier alpha value is -3.51. The topological polar surface area (TPSA) is 165 Å². The van der Waals surface area contributed by atoms with Crippen LogP contribution in [0.4, 0.5) is 11.8 Å². The van der Waals surface area contributed by atoms with Crippen LogP contribution in [0.5, 0.6) is 5.75 Å². The summed E-state index contributed by atoms with van der Waals surface area (Å²) < 4.78 is 32.5. The van der Waals surface area contributed by atoms with Gasteiger partial charge in [-0.05, 0) is 37.3 Å². The molecule has 14 heteroatoms. The summed E-state index contributed by atoms with van der Waals surface area (Å²) in [7, 11) is -2.96. The SMILES string of the molecule is CC[C@H](C)[C@H](NOC)C(=O)OP(=O)(OC[C@@H]1C=C[C@H](n2cnc3c(NC4CC4)nc(N)nc32)C1)Oc1ccccc1. The van der Waals surface area contributed by atoms with Crippen LogP contribution < -0.4 is 21.1 Å². The third-order valence-electron chi connectivity index (χ3n) is 7.18. The molecule has 41 heavy (non-hydrogen) atoms. The maximum Gasteiger partial charge on any atom is 0.589 e. The van der Waals surface area contributed by atoms with Crippen LogP contribution in [0.25, 0.3) is 11.2 Å². The number of hydrogen-bond acceptors (Lipinski definition) is 12. The van der Waals surface area contributed by atoms with E-state index in [9.17, 15) is 9.36 Å². The lowest BCUT2D eigenvalue weighted by atomic mass is 10.0. The minimum Gasteiger partial charge on any atom is -0.395 e. The molecular formula is C27H36N7O6P. The van der Waals surface area contributed by atoms with E-state index in [4.69, 9.17) is 24.1 Å². The minimum atomic E-state index is -4.36. The van der Waals surface area contributed by atoms with Gasteiger partial charge in [-0.15, -0.1) is 0 Å². The van der Waals surface area contributed by atoms with E-state index in [0.29, 0.717) is 35.9 Å². The average molecular weight is 586 g/mol. The first-order valence-corrected chi connectivity index (χ1v) is 15.2. The van der Waals surface area contributed by atoms with E-state index in [2.05, 4.69) is 25.7 Å². The molecule has 0 radical (unpaired) electrons. The molecule has 1 fully saturated rings. The molecule has 0 bridgehead atoms. The van der Waals surface area contributed by atoms with Gasteiger partial charge in [0.15, 0.2) is 17.0 Å². The minimum absolute atomic E-state index is 0.00562. The summed E-state index contributed by atoms with van der Waals surface area (Å²) in [6.07, 6.45) is 9.15. The standard InChI is InChI=1S/C27H36N7O6P/c1-4-17(2)22(33-37-3)26(35)40-41(36,39-21-8-6-5-7-9-21)38-15-18-10-13-20(14-18)34-16-29-23-24(30-19-11-12-19)31-27(28)32-25(23)34/h5-10,13,16-20,22,33H,4,11-12,14-15H2,1-3H3,(H3,28,30,31,32)/t17-,18+,20-,22-,41?/m0/s1. The van der Waals surface area contributed by atoms with Crippen molar-refractivity contribution < 1.29 is 27.8 Å². The largest absolute Gasteiger partial charge is 0.589 e. The van der Waals surface area contributed by atoms with Crippen molar-refractivity contribution in [3.8, 4) is 5.75 Å². The molecule has 3 aromatic rings. The third-order valence-corrected chi connectivity index (χ3v) is 8.49. The Kier molecular flexibility index (Phi) is 8.88. The number of allylic oxidation sites excluding steroid dienone is 1. The summed E-state index contributed by atoms with van der Waals surface area (Å²) in [6, 6.07) is 7.89. The molecule has 1 unspecified atom stereocenters. The van der Waals surface area contributed by atoms with E-state index >= 15 is 0 Å². The first-order chi connectivity index (χ1) is 19.8. The molecule has 13 nitrogen and oxygen atoms in total. The fourth-order valence-electron chi connectivity index (χ4n) is 4.58. The Balaban J connectivity index is 1.28. The highest BCUT2D eigenvalue weighted by Crippen LogP contribution is 2.51. The van der Waals surface area contributed by atoms with E-state index in [-0.39, 0.29) is 36.2 Å². The van der Waals surface area contributed by atoms with Crippen molar-refractivity contribution in [2.75, 3.05) is 24.8 Å². The summed E-state index contributed by atoms with van der Waals surface area (Å²) in [4.78, 5) is 31.3. The number of aromatic nitrogens is 4. The monoisotopic (exact) mass is 585 g/mol. The number of hydroxylamine groups is 1. The molecule has 1 saturated carbocycles. The molecule has 1 aromatic carbocycles. The maximum atomic E-state index is 13.8. The predicted molar refractivity (Wildman–Crippen MR) is 153 cm³/mol. The van der Waals surface area contributed by atoms with Crippen LogP contribution in [0.15, 0.2) is 48.8 Å². The molecule has 5 atom stereocenters. The molecule has 2 heterocycles. The number of anilines is 2. The van der Waals surface area contributed by atoms with Gasteiger partial charge in [-0.3, -0.25) is 4.52 Å². The summed E-state index contributed by atoms with van der Waals surface area (Å²) in [5.41, 5.74) is 9.91. The molecule has 5 rings (SSSR count). The highest BCUT2D eigenvalue weighted by molar-refractivity contribution is 7.49. The lowest BCUT2D eigenvalue weighted by molar-refractivity contribution is -0.144. The van der Waals surface area contributed by atoms with Gasteiger partial charge in [-0.2, -0.15) is 15.4 Å². The Morgan fingerprint density at radius 2 is 2.00 bits per heavy atom. The van der Waals surface area contributed by atoms with Crippen LogP contribution in [0.1, 0.15) is 45.6 Å². The van der Waals surface area contributed by atoms with Crippen molar-refractivity contribution in [2.45, 2.75) is 57.7 Å². The quantitative estimate of drug-likeness (QED) is 0.139. The zero-order valence-electron chi connectivity index (χ0n) is 23.3. The number of carbonyl (C=O) groups excluding carboxylic acids is 1. The third kappa shape index (κ3) is 7.05. The number of fused-ring (bicyclic) bond motifs is 1. The molecule has 220 valence electrons.